The number of hydrogen-bond acceptors (Lipinski definition) is 3. The van der Waals surface area contributed by atoms with Gasteiger partial charge in [0.2, 0.25) is 0 Å². The normalized spacial score (nSPS) is 9.64. The summed E-state index contributed by atoms with van der Waals surface area (Å²) in [6.45, 7) is -0.298. The molecule has 0 radical (unpaired) electrons. The van der Waals surface area contributed by atoms with Crippen molar-refractivity contribution in [3.63, 3.8) is 0 Å². The molecule has 0 aromatic heterocycles. The van der Waals surface area contributed by atoms with Gasteiger partial charge in [-0.25, -0.2) is 5.48 Å². The first kappa shape index (κ1) is 11.1. The molecular formula is C8H7Cl2NO3. The quantitative estimate of drug-likeness (QED) is 0.622. The van der Waals surface area contributed by atoms with Crippen molar-refractivity contribution in [1.82, 2.24) is 5.48 Å². The number of benzene rings is 1. The van der Waals surface area contributed by atoms with Gasteiger partial charge in [-0.05, 0) is 18.2 Å². The Morgan fingerprint density at radius 1 is 1.36 bits per heavy atom. The summed E-state index contributed by atoms with van der Waals surface area (Å²) in [7, 11) is 0. The molecule has 0 fully saturated rings. The fourth-order valence-electron chi connectivity index (χ4n) is 0.793. The Bertz CT molecular complexity index is 323. The maximum absolute atomic E-state index is 10.6. The first-order valence-electron chi connectivity index (χ1n) is 3.63. The molecule has 0 heterocycles. The molecule has 0 aliphatic carbocycles. The number of carbonyl (C=O) groups excluding carboxylic acids is 1. The van der Waals surface area contributed by atoms with E-state index >= 15 is 0 Å². The van der Waals surface area contributed by atoms with Crippen molar-refractivity contribution in [2.45, 2.75) is 0 Å². The molecule has 0 atom stereocenters. The number of amides is 1. The van der Waals surface area contributed by atoms with Crippen molar-refractivity contribution in [3.05, 3.63) is 28.2 Å². The Labute approximate surface area is 90.3 Å². The van der Waals surface area contributed by atoms with E-state index in [0.29, 0.717) is 15.8 Å². The summed E-state index contributed by atoms with van der Waals surface area (Å²) in [6, 6.07) is 4.57. The first-order valence-corrected chi connectivity index (χ1v) is 4.39. The van der Waals surface area contributed by atoms with Gasteiger partial charge in [-0.15, -0.1) is 0 Å². The van der Waals surface area contributed by atoms with Crippen molar-refractivity contribution < 1.29 is 14.7 Å². The van der Waals surface area contributed by atoms with E-state index in [9.17, 15) is 4.79 Å². The average molecular weight is 236 g/mol. The Hall–Kier alpha value is -0.970. The zero-order valence-electron chi connectivity index (χ0n) is 6.96. The lowest BCUT2D eigenvalue weighted by molar-refractivity contribution is -0.131. The van der Waals surface area contributed by atoms with Crippen molar-refractivity contribution >= 4 is 29.1 Å². The third-order valence-corrected chi connectivity index (χ3v) is 1.77. The van der Waals surface area contributed by atoms with Gasteiger partial charge in [0.25, 0.3) is 5.91 Å². The Kier molecular flexibility index (Phi) is 4.00. The fourth-order valence-corrected chi connectivity index (χ4v) is 1.30. The van der Waals surface area contributed by atoms with Gasteiger partial charge in [-0.3, -0.25) is 10.0 Å². The second-order valence-electron chi connectivity index (χ2n) is 2.43. The summed E-state index contributed by atoms with van der Waals surface area (Å²) >= 11 is 11.4. The van der Waals surface area contributed by atoms with Crippen LogP contribution in [-0.2, 0) is 4.79 Å². The Balaban J connectivity index is 2.63. The Morgan fingerprint density at radius 2 is 1.93 bits per heavy atom. The van der Waals surface area contributed by atoms with Crippen LogP contribution in [0, 0.1) is 0 Å². The molecule has 2 N–H and O–H groups in total. The molecule has 0 aliphatic rings. The van der Waals surface area contributed by atoms with Crippen LogP contribution in [0.1, 0.15) is 0 Å². The molecule has 1 aromatic rings. The number of halogens is 2. The smallest absolute Gasteiger partial charge is 0.281 e. The standard InChI is InChI=1S/C8H7Cl2NO3/c9-5-1-6(10)3-7(2-5)14-4-8(12)11-13/h1-3,13H,4H2,(H,11,12). The van der Waals surface area contributed by atoms with Gasteiger partial charge in [0.05, 0.1) is 0 Å². The molecule has 0 saturated heterocycles. The highest BCUT2D eigenvalue weighted by Crippen LogP contribution is 2.23. The first-order chi connectivity index (χ1) is 6.61. The molecule has 76 valence electrons. The van der Waals surface area contributed by atoms with Crippen LogP contribution in [0.4, 0.5) is 0 Å². The summed E-state index contributed by atoms with van der Waals surface area (Å²) in [5, 5.41) is 9.02. The van der Waals surface area contributed by atoms with Crippen LogP contribution in [0.2, 0.25) is 10.0 Å². The highest BCUT2D eigenvalue weighted by molar-refractivity contribution is 6.34. The maximum atomic E-state index is 10.6. The minimum absolute atomic E-state index is 0.298. The van der Waals surface area contributed by atoms with Crippen LogP contribution in [0.5, 0.6) is 5.75 Å². The van der Waals surface area contributed by atoms with Crippen LogP contribution in [0.3, 0.4) is 0 Å². The lowest BCUT2D eigenvalue weighted by Gasteiger charge is -2.05. The van der Waals surface area contributed by atoms with E-state index in [4.69, 9.17) is 33.1 Å². The molecule has 0 aliphatic heterocycles. The van der Waals surface area contributed by atoms with E-state index in [0.717, 1.165) is 0 Å². The number of nitrogens with one attached hydrogen (secondary N) is 1. The number of carbonyl (C=O) groups is 1. The van der Waals surface area contributed by atoms with Crippen LogP contribution < -0.4 is 10.2 Å². The fraction of sp³-hybridized carbons (Fsp3) is 0.125. The van der Waals surface area contributed by atoms with E-state index in [1.165, 1.54) is 17.6 Å². The molecule has 6 heteroatoms. The third-order valence-electron chi connectivity index (χ3n) is 1.33. The summed E-state index contributed by atoms with van der Waals surface area (Å²) in [6.07, 6.45) is 0. The maximum Gasteiger partial charge on any atom is 0.281 e. The van der Waals surface area contributed by atoms with Crippen LogP contribution >= 0.6 is 23.2 Å². The van der Waals surface area contributed by atoms with Gasteiger partial charge in [0.15, 0.2) is 6.61 Å². The van der Waals surface area contributed by atoms with Gasteiger partial charge >= 0.3 is 0 Å². The van der Waals surface area contributed by atoms with Crippen molar-refractivity contribution in [3.8, 4) is 5.75 Å². The molecule has 1 aromatic carbocycles. The highest BCUT2D eigenvalue weighted by Gasteiger charge is 2.02. The highest BCUT2D eigenvalue weighted by atomic mass is 35.5. The Morgan fingerprint density at radius 3 is 2.43 bits per heavy atom. The number of rotatable bonds is 3. The lowest BCUT2D eigenvalue weighted by atomic mass is 10.3. The molecule has 4 nitrogen and oxygen atoms in total. The minimum Gasteiger partial charge on any atom is -0.484 e. The summed E-state index contributed by atoms with van der Waals surface area (Å²) < 4.78 is 4.98. The molecule has 1 rings (SSSR count). The molecule has 0 saturated carbocycles. The van der Waals surface area contributed by atoms with Crippen molar-refractivity contribution in [1.29, 1.82) is 0 Å². The van der Waals surface area contributed by atoms with Gasteiger partial charge < -0.3 is 4.74 Å². The van der Waals surface area contributed by atoms with E-state index in [2.05, 4.69) is 0 Å². The van der Waals surface area contributed by atoms with E-state index in [-0.39, 0.29) is 6.61 Å². The summed E-state index contributed by atoms with van der Waals surface area (Å²) in [4.78, 5) is 10.6. The molecule has 1 amide bonds. The zero-order chi connectivity index (χ0) is 10.6. The average Bonchev–Trinajstić information content (AvgIpc) is 2.12. The molecule has 0 spiro atoms. The largest absolute Gasteiger partial charge is 0.484 e. The van der Waals surface area contributed by atoms with Crippen molar-refractivity contribution in [2.24, 2.45) is 0 Å². The van der Waals surface area contributed by atoms with E-state index in [1.54, 1.807) is 6.07 Å². The number of hydroxylamine groups is 1. The van der Waals surface area contributed by atoms with Crippen LogP contribution in [-0.4, -0.2) is 17.7 Å². The minimum atomic E-state index is -0.652. The van der Waals surface area contributed by atoms with Crippen LogP contribution in [0.25, 0.3) is 0 Å². The third kappa shape index (κ3) is 3.41. The topological polar surface area (TPSA) is 58.6 Å². The number of ether oxygens (including phenoxy) is 1. The SMILES string of the molecule is O=C(COc1cc(Cl)cc(Cl)c1)NO. The summed E-state index contributed by atoms with van der Waals surface area (Å²) in [5.74, 6) is -0.285. The molecule has 0 bridgehead atoms. The van der Waals surface area contributed by atoms with Gasteiger partial charge in [0, 0.05) is 10.0 Å². The van der Waals surface area contributed by atoms with Crippen LogP contribution in [0.15, 0.2) is 18.2 Å². The molecule has 14 heavy (non-hydrogen) atoms. The molecule has 0 unspecified atom stereocenters. The zero-order valence-corrected chi connectivity index (χ0v) is 8.47. The molecular weight excluding hydrogens is 229 g/mol. The van der Waals surface area contributed by atoms with E-state index < -0.39 is 5.91 Å². The predicted octanol–water partition coefficient (Wildman–Crippen LogP) is 1.88. The predicted molar refractivity (Wildman–Crippen MR) is 51.9 cm³/mol. The van der Waals surface area contributed by atoms with Gasteiger partial charge in [-0.1, -0.05) is 23.2 Å². The van der Waals surface area contributed by atoms with Gasteiger partial charge in [-0.2, -0.15) is 0 Å². The lowest BCUT2D eigenvalue weighted by Crippen LogP contribution is -2.25. The van der Waals surface area contributed by atoms with Crippen molar-refractivity contribution in [2.75, 3.05) is 6.61 Å². The second kappa shape index (κ2) is 5.05. The monoisotopic (exact) mass is 235 g/mol. The van der Waals surface area contributed by atoms with Gasteiger partial charge in [0.1, 0.15) is 5.75 Å². The van der Waals surface area contributed by atoms with E-state index in [1.807, 2.05) is 0 Å². The second-order valence-corrected chi connectivity index (χ2v) is 3.30. The number of hydrogen-bond donors (Lipinski definition) is 2. The summed E-state index contributed by atoms with van der Waals surface area (Å²) in [5.41, 5.74) is 1.43.